The molecule has 100 valence electrons. The number of hydrogen-bond donors (Lipinski definition) is 1. The van der Waals surface area contributed by atoms with E-state index in [9.17, 15) is 0 Å². The van der Waals surface area contributed by atoms with Gasteiger partial charge in [0, 0.05) is 26.3 Å². The zero-order valence-corrected chi connectivity index (χ0v) is 11.9. The van der Waals surface area contributed by atoms with Crippen LogP contribution in [0.2, 0.25) is 0 Å². The van der Waals surface area contributed by atoms with Gasteiger partial charge in [0.15, 0.2) is 0 Å². The molecule has 0 aliphatic rings. The zero-order chi connectivity index (χ0) is 13.7. The van der Waals surface area contributed by atoms with Gasteiger partial charge in [-0.25, -0.2) is 4.98 Å². The minimum atomic E-state index is 0.856. The van der Waals surface area contributed by atoms with Crippen molar-refractivity contribution < 1.29 is 0 Å². The van der Waals surface area contributed by atoms with E-state index in [-0.39, 0.29) is 0 Å². The highest BCUT2D eigenvalue weighted by molar-refractivity contribution is 5.40. The van der Waals surface area contributed by atoms with Gasteiger partial charge in [-0.2, -0.15) is 0 Å². The van der Waals surface area contributed by atoms with Gasteiger partial charge in [-0.1, -0.05) is 30.3 Å². The van der Waals surface area contributed by atoms with Gasteiger partial charge in [0.05, 0.1) is 0 Å². The minimum Gasteiger partial charge on any atom is -0.355 e. The molecule has 1 N–H and O–H groups in total. The van der Waals surface area contributed by atoms with Gasteiger partial charge in [0.25, 0.3) is 0 Å². The van der Waals surface area contributed by atoms with Crippen LogP contribution < -0.4 is 10.2 Å². The summed E-state index contributed by atoms with van der Waals surface area (Å²) in [6.07, 6.45) is 1.93. The molecule has 3 nitrogen and oxygen atoms in total. The SMILES string of the molecule is CNCc1ccc(N(C)Cc2ccccc2C)nc1. The number of hydrogen-bond acceptors (Lipinski definition) is 3. The number of nitrogens with one attached hydrogen (secondary N) is 1. The molecule has 0 unspecified atom stereocenters. The number of anilines is 1. The Morgan fingerprint density at radius 1 is 1.16 bits per heavy atom. The smallest absolute Gasteiger partial charge is 0.128 e. The monoisotopic (exact) mass is 255 g/mol. The van der Waals surface area contributed by atoms with Crippen LogP contribution in [0.3, 0.4) is 0 Å². The summed E-state index contributed by atoms with van der Waals surface area (Å²) in [6, 6.07) is 12.7. The quantitative estimate of drug-likeness (QED) is 0.890. The third-order valence-electron chi connectivity index (χ3n) is 3.25. The lowest BCUT2D eigenvalue weighted by Gasteiger charge is -2.19. The van der Waals surface area contributed by atoms with Crippen molar-refractivity contribution in [2.75, 3.05) is 19.0 Å². The normalized spacial score (nSPS) is 10.5. The first-order valence-electron chi connectivity index (χ1n) is 6.56. The molecule has 1 aromatic carbocycles. The maximum absolute atomic E-state index is 4.51. The third kappa shape index (κ3) is 3.55. The summed E-state index contributed by atoms with van der Waals surface area (Å²) in [5.74, 6) is 1.00. The summed E-state index contributed by atoms with van der Waals surface area (Å²) in [5, 5.41) is 3.13. The van der Waals surface area contributed by atoms with E-state index in [2.05, 4.69) is 65.6 Å². The summed E-state index contributed by atoms with van der Waals surface area (Å²) in [7, 11) is 4.02. The van der Waals surface area contributed by atoms with E-state index in [4.69, 9.17) is 0 Å². The summed E-state index contributed by atoms with van der Waals surface area (Å²) in [6.45, 7) is 3.88. The summed E-state index contributed by atoms with van der Waals surface area (Å²) >= 11 is 0. The van der Waals surface area contributed by atoms with Gasteiger partial charge in [-0.05, 0) is 36.7 Å². The fourth-order valence-corrected chi connectivity index (χ4v) is 2.08. The lowest BCUT2D eigenvalue weighted by molar-refractivity contribution is 0.809. The third-order valence-corrected chi connectivity index (χ3v) is 3.25. The fourth-order valence-electron chi connectivity index (χ4n) is 2.08. The second-order valence-electron chi connectivity index (χ2n) is 4.84. The van der Waals surface area contributed by atoms with Gasteiger partial charge >= 0.3 is 0 Å². The van der Waals surface area contributed by atoms with Crippen molar-refractivity contribution in [2.45, 2.75) is 20.0 Å². The van der Waals surface area contributed by atoms with Crippen LogP contribution in [0, 0.1) is 6.92 Å². The van der Waals surface area contributed by atoms with Crippen LogP contribution in [0.4, 0.5) is 5.82 Å². The standard InChI is InChI=1S/C16H21N3/c1-13-6-4-5-7-15(13)12-19(3)16-9-8-14(10-17-2)11-18-16/h4-9,11,17H,10,12H2,1-3H3. The lowest BCUT2D eigenvalue weighted by atomic mass is 10.1. The van der Waals surface area contributed by atoms with Crippen molar-refractivity contribution in [1.82, 2.24) is 10.3 Å². The maximum Gasteiger partial charge on any atom is 0.128 e. The van der Waals surface area contributed by atoms with Crippen molar-refractivity contribution in [3.05, 3.63) is 59.3 Å². The molecule has 2 rings (SSSR count). The Kier molecular flexibility index (Phi) is 4.53. The molecule has 0 fully saturated rings. The number of aromatic nitrogens is 1. The Bertz CT molecular complexity index is 520. The van der Waals surface area contributed by atoms with Crippen LogP contribution in [0.25, 0.3) is 0 Å². The largest absolute Gasteiger partial charge is 0.355 e. The molecule has 0 spiro atoms. The highest BCUT2D eigenvalue weighted by Gasteiger charge is 2.05. The molecule has 0 amide bonds. The van der Waals surface area contributed by atoms with E-state index in [1.165, 1.54) is 16.7 Å². The summed E-state index contributed by atoms with van der Waals surface area (Å²) in [4.78, 5) is 6.68. The second kappa shape index (κ2) is 6.34. The summed E-state index contributed by atoms with van der Waals surface area (Å²) < 4.78 is 0. The van der Waals surface area contributed by atoms with Crippen LogP contribution >= 0.6 is 0 Å². The molecule has 0 aliphatic heterocycles. The minimum absolute atomic E-state index is 0.856. The first-order chi connectivity index (χ1) is 9.20. The Morgan fingerprint density at radius 2 is 1.95 bits per heavy atom. The number of benzene rings is 1. The molecular weight excluding hydrogens is 234 g/mol. The Hall–Kier alpha value is -1.87. The van der Waals surface area contributed by atoms with Crippen LogP contribution in [0.15, 0.2) is 42.6 Å². The van der Waals surface area contributed by atoms with E-state index < -0.39 is 0 Å². The second-order valence-corrected chi connectivity index (χ2v) is 4.84. The van der Waals surface area contributed by atoms with Crippen LogP contribution in [-0.2, 0) is 13.1 Å². The maximum atomic E-state index is 4.51. The molecular formula is C16H21N3. The van der Waals surface area contributed by atoms with Crippen molar-refractivity contribution in [2.24, 2.45) is 0 Å². The predicted molar refractivity (Wildman–Crippen MR) is 80.3 cm³/mol. The molecule has 0 saturated heterocycles. The molecule has 0 bridgehead atoms. The van der Waals surface area contributed by atoms with E-state index in [0.717, 1.165) is 18.9 Å². The Morgan fingerprint density at radius 3 is 2.58 bits per heavy atom. The molecule has 1 heterocycles. The number of rotatable bonds is 5. The van der Waals surface area contributed by atoms with E-state index in [0.29, 0.717) is 0 Å². The lowest BCUT2D eigenvalue weighted by Crippen LogP contribution is -2.18. The zero-order valence-electron chi connectivity index (χ0n) is 11.9. The van der Waals surface area contributed by atoms with E-state index in [1.54, 1.807) is 0 Å². The van der Waals surface area contributed by atoms with Crippen LogP contribution in [-0.4, -0.2) is 19.1 Å². The molecule has 2 aromatic rings. The average molecular weight is 255 g/mol. The fraction of sp³-hybridized carbons (Fsp3) is 0.312. The average Bonchev–Trinajstić information content (AvgIpc) is 2.42. The highest BCUT2D eigenvalue weighted by atomic mass is 15.2. The van der Waals surface area contributed by atoms with Crippen LogP contribution in [0.5, 0.6) is 0 Å². The van der Waals surface area contributed by atoms with E-state index in [1.807, 2.05) is 13.2 Å². The number of aryl methyl sites for hydroxylation is 1. The van der Waals surface area contributed by atoms with E-state index >= 15 is 0 Å². The van der Waals surface area contributed by atoms with Gasteiger partial charge in [-0.15, -0.1) is 0 Å². The van der Waals surface area contributed by atoms with Gasteiger partial charge in [-0.3, -0.25) is 0 Å². The van der Waals surface area contributed by atoms with Crippen molar-refractivity contribution >= 4 is 5.82 Å². The molecule has 0 atom stereocenters. The van der Waals surface area contributed by atoms with Crippen molar-refractivity contribution in [1.29, 1.82) is 0 Å². The molecule has 19 heavy (non-hydrogen) atoms. The molecule has 0 saturated carbocycles. The first-order valence-corrected chi connectivity index (χ1v) is 6.56. The first kappa shape index (κ1) is 13.6. The van der Waals surface area contributed by atoms with Crippen molar-refractivity contribution in [3.63, 3.8) is 0 Å². The predicted octanol–water partition coefficient (Wildman–Crippen LogP) is 2.75. The van der Waals surface area contributed by atoms with Gasteiger partial charge in [0.1, 0.15) is 5.82 Å². The molecule has 0 aliphatic carbocycles. The van der Waals surface area contributed by atoms with Crippen molar-refractivity contribution in [3.8, 4) is 0 Å². The Balaban J connectivity index is 2.07. The Labute approximate surface area is 115 Å². The highest BCUT2D eigenvalue weighted by Crippen LogP contribution is 2.15. The molecule has 0 radical (unpaired) electrons. The topological polar surface area (TPSA) is 28.2 Å². The summed E-state index contributed by atoms with van der Waals surface area (Å²) in [5.41, 5.74) is 3.86. The number of pyridine rings is 1. The molecule has 3 heteroatoms. The van der Waals surface area contributed by atoms with Gasteiger partial charge in [0.2, 0.25) is 0 Å². The molecule has 1 aromatic heterocycles. The van der Waals surface area contributed by atoms with Crippen LogP contribution in [0.1, 0.15) is 16.7 Å². The number of nitrogens with zero attached hydrogens (tertiary/aromatic N) is 2. The van der Waals surface area contributed by atoms with Gasteiger partial charge < -0.3 is 10.2 Å².